The van der Waals surface area contributed by atoms with E-state index in [-0.39, 0.29) is 11.9 Å². The molecule has 0 aliphatic heterocycles. The molecule has 0 saturated heterocycles. The minimum Gasteiger partial charge on any atom is -0.386 e. The molecule has 5 heteroatoms. The second-order valence-electron chi connectivity index (χ2n) is 4.93. The summed E-state index contributed by atoms with van der Waals surface area (Å²) in [6.07, 6.45) is 6.98. The summed E-state index contributed by atoms with van der Waals surface area (Å²) in [5, 5.41) is 13.4. The summed E-state index contributed by atoms with van der Waals surface area (Å²) in [5.41, 5.74) is 5.02. The maximum atomic E-state index is 11.7. The van der Waals surface area contributed by atoms with E-state index in [1.54, 1.807) is 0 Å². The van der Waals surface area contributed by atoms with Gasteiger partial charge in [0.05, 0.1) is 5.54 Å². The fraction of sp³-hybridized carbons (Fsp3) is 0.818. The first-order valence-electron chi connectivity index (χ1n) is 6.06. The Morgan fingerprint density at radius 3 is 2.31 bits per heavy atom. The summed E-state index contributed by atoms with van der Waals surface area (Å²) in [6, 6.07) is 0.159. The summed E-state index contributed by atoms with van der Waals surface area (Å²) in [5.74, 6) is 0.0914. The molecule has 5 N–H and O–H groups in total. The number of carbonyl (C=O) groups is 1. The van der Waals surface area contributed by atoms with Gasteiger partial charge in [-0.05, 0) is 32.1 Å². The average molecular weight is 224 g/mol. The Labute approximate surface area is 95.7 Å². The van der Waals surface area contributed by atoms with E-state index in [2.05, 4.69) is 10.6 Å². The van der Waals surface area contributed by atoms with Gasteiger partial charge in [0.1, 0.15) is 5.84 Å². The maximum Gasteiger partial charge on any atom is 0.315 e. The van der Waals surface area contributed by atoms with Crippen molar-refractivity contribution in [2.75, 3.05) is 0 Å². The first-order valence-corrected chi connectivity index (χ1v) is 6.06. The predicted octanol–water partition coefficient (Wildman–Crippen LogP) is 1.09. The molecule has 0 heterocycles. The van der Waals surface area contributed by atoms with E-state index in [0.29, 0.717) is 6.04 Å². The third kappa shape index (κ3) is 2.13. The van der Waals surface area contributed by atoms with Gasteiger partial charge in [0.15, 0.2) is 0 Å². The van der Waals surface area contributed by atoms with Crippen molar-refractivity contribution in [3.63, 3.8) is 0 Å². The fourth-order valence-electron chi connectivity index (χ4n) is 2.43. The minimum absolute atomic E-state index is 0.0914. The van der Waals surface area contributed by atoms with E-state index >= 15 is 0 Å². The summed E-state index contributed by atoms with van der Waals surface area (Å²) in [4.78, 5) is 11.7. The number of hydrogen-bond donors (Lipinski definition) is 4. The molecule has 2 amide bonds. The standard InChI is InChI=1S/C11H20N4O/c12-9(13)11(6-1-2-7-11)15-10(16)14-8-4-3-5-8/h8H,1-7H2,(H3,12,13)(H2,14,15,16). The zero-order chi connectivity index (χ0) is 11.6. The Hall–Kier alpha value is -1.26. The van der Waals surface area contributed by atoms with Crippen LogP contribution in [-0.4, -0.2) is 23.4 Å². The lowest BCUT2D eigenvalue weighted by atomic mass is 9.93. The molecule has 16 heavy (non-hydrogen) atoms. The van der Waals surface area contributed by atoms with E-state index < -0.39 is 5.54 Å². The lowest BCUT2D eigenvalue weighted by Gasteiger charge is -2.32. The second-order valence-corrected chi connectivity index (χ2v) is 4.93. The highest BCUT2D eigenvalue weighted by Gasteiger charge is 2.38. The molecule has 5 nitrogen and oxygen atoms in total. The third-order valence-corrected chi connectivity index (χ3v) is 3.77. The predicted molar refractivity (Wildman–Crippen MR) is 62.4 cm³/mol. The van der Waals surface area contributed by atoms with E-state index in [1.165, 1.54) is 6.42 Å². The molecule has 90 valence electrons. The van der Waals surface area contributed by atoms with E-state index in [4.69, 9.17) is 11.1 Å². The van der Waals surface area contributed by atoms with Crippen LogP contribution in [0.15, 0.2) is 0 Å². The number of hydrogen-bond acceptors (Lipinski definition) is 2. The first-order chi connectivity index (χ1) is 7.62. The van der Waals surface area contributed by atoms with Crippen LogP contribution in [0.2, 0.25) is 0 Å². The smallest absolute Gasteiger partial charge is 0.315 e. The molecule has 0 aromatic carbocycles. The Morgan fingerprint density at radius 2 is 1.88 bits per heavy atom. The second kappa shape index (κ2) is 4.31. The quantitative estimate of drug-likeness (QED) is 0.427. The van der Waals surface area contributed by atoms with Crippen molar-refractivity contribution < 1.29 is 4.79 Å². The van der Waals surface area contributed by atoms with Crippen molar-refractivity contribution in [2.45, 2.75) is 56.5 Å². The lowest BCUT2D eigenvalue weighted by molar-refractivity contribution is 0.221. The van der Waals surface area contributed by atoms with Crippen molar-refractivity contribution in [3.8, 4) is 0 Å². The normalized spacial score (nSPS) is 23.5. The van der Waals surface area contributed by atoms with Crippen molar-refractivity contribution in [1.82, 2.24) is 10.6 Å². The Kier molecular flexibility index (Phi) is 3.03. The molecule has 2 rings (SSSR count). The zero-order valence-electron chi connectivity index (χ0n) is 9.51. The molecular weight excluding hydrogens is 204 g/mol. The van der Waals surface area contributed by atoms with E-state index in [0.717, 1.165) is 38.5 Å². The number of amides is 2. The van der Waals surface area contributed by atoms with Crippen LogP contribution < -0.4 is 16.4 Å². The van der Waals surface area contributed by atoms with Crippen LogP contribution in [0.5, 0.6) is 0 Å². The third-order valence-electron chi connectivity index (χ3n) is 3.77. The van der Waals surface area contributed by atoms with Gasteiger partial charge >= 0.3 is 6.03 Å². The van der Waals surface area contributed by atoms with Crippen LogP contribution in [0.4, 0.5) is 4.79 Å². The van der Waals surface area contributed by atoms with Crippen LogP contribution in [0.1, 0.15) is 44.9 Å². The number of nitrogens with two attached hydrogens (primary N) is 1. The van der Waals surface area contributed by atoms with Gasteiger partial charge in [-0.25, -0.2) is 4.79 Å². The van der Waals surface area contributed by atoms with Crippen LogP contribution >= 0.6 is 0 Å². The van der Waals surface area contributed by atoms with Gasteiger partial charge in [-0.2, -0.15) is 0 Å². The molecule has 2 fully saturated rings. The topological polar surface area (TPSA) is 91.0 Å². The van der Waals surface area contributed by atoms with Crippen LogP contribution in [-0.2, 0) is 0 Å². The van der Waals surface area contributed by atoms with E-state index in [1.807, 2.05) is 0 Å². The molecular formula is C11H20N4O. The highest BCUT2D eigenvalue weighted by Crippen LogP contribution is 2.29. The van der Waals surface area contributed by atoms with Gasteiger partial charge < -0.3 is 16.4 Å². The van der Waals surface area contributed by atoms with Gasteiger partial charge in [0.25, 0.3) is 0 Å². The number of urea groups is 1. The maximum absolute atomic E-state index is 11.7. The molecule has 0 aromatic rings. The monoisotopic (exact) mass is 224 g/mol. The van der Waals surface area contributed by atoms with E-state index in [9.17, 15) is 4.79 Å². The fourth-order valence-corrected chi connectivity index (χ4v) is 2.43. The Balaban J connectivity index is 1.89. The molecule has 0 radical (unpaired) electrons. The minimum atomic E-state index is -0.576. The average Bonchev–Trinajstić information content (AvgIpc) is 2.61. The lowest BCUT2D eigenvalue weighted by Crippen LogP contribution is -2.59. The summed E-state index contributed by atoms with van der Waals surface area (Å²) in [7, 11) is 0. The van der Waals surface area contributed by atoms with Crippen LogP contribution in [0, 0.1) is 5.41 Å². The Morgan fingerprint density at radius 1 is 1.25 bits per heavy atom. The van der Waals surface area contributed by atoms with Gasteiger partial charge in [-0.15, -0.1) is 0 Å². The first kappa shape index (κ1) is 11.2. The number of rotatable bonds is 3. The molecule has 0 atom stereocenters. The highest BCUT2D eigenvalue weighted by molar-refractivity contribution is 5.92. The largest absolute Gasteiger partial charge is 0.386 e. The van der Waals surface area contributed by atoms with Crippen LogP contribution in [0.3, 0.4) is 0 Å². The van der Waals surface area contributed by atoms with Crippen molar-refractivity contribution in [2.24, 2.45) is 5.73 Å². The van der Waals surface area contributed by atoms with Crippen molar-refractivity contribution in [1.29, 1.82) is 5.41 Å². The van der Waals surface area contributed by atoms with Gasteiger partial charge in [-0.1, -0.05) is 12.8 Å². The zero-order valence-corrected chi connectivity index (χ0v) is 9.51. The number of carbonyl (C=O) groups excluding carboxylic acids is 1. The Bertz CT molecular complexity index is 292. The molecule has 0 bridgehead atoms. The van der Waals surface area contributed by atoms with Gasteiger partial charge in [0.2, 0.25) is 0 Å². The van der Waals surface area contributed by atoms with Crippen LogP contribution in [0.25, 0.3) is 0 Å². The molecule has 2 aliphatic carbocycles. The molecule has 2 saturated carbocycles. The molecule has 0 unspecified atom stereocenters. The molecule has 2 aliphatic rings. The SMILES string of the molecule is N=C(N)C1(NC(=O)NC2CCC2)CCCC1. The summed E-state index contributed by atoms with van der Waals surface area (Å²) < 4.78 is 0. The van der Waals surface area contributed by atoms with Gasteiger partial charge in [-0.3, -0.25) is 5.41 Å². The molecule has 0 spiro atoms. The summed E-state index contributed by atoms with van der Waals surface area (Å²) in [6.45, 7) is 0. The van der Waals surface area contributed by atoms with Crippen molar-refractivity contribution in [3.05, 3.63) is 0 Å². The molecule has 0 aromatic heterocycles. The number of nitrogens with one attached hydrogen (secondary N) is 3. The highest BCUT2D eigenvalue weighted by atomic mass is 16.2. The van der Waals surface area contributed by atoms with Crippen molar-refractivity contribution >= 4 is 11.9 Å². The van der Waals surface area contributed by atoms with Gasteiger partial charge in [0, 0.05) is 6.04 Å². The summed E-state index contributed by atoms with van der Waals surface area (Å²) >= 11 is 0. The number of amidine groups is 1.